The first-order valence-corrected chi connectivity index (χ1v) is 9.04. The van der Waals surface area contributed by atoms with Crippen molar-refractivity contribution in [3.8, 4) is 0 Å². The number of esters is 1. The summed E-state index contributed by atoms with van der Waals surface area (Å²) in [5, 5.41) is 0. The van der Waals surface area contributed by atoms with Crippen LogP contribution >= 0.6 is 0 Å². The summed E-state index contributed by atoms with van der Waals surface area (Å²) in [5.74, 6) is 2.36. The van der Waals surface area contributed by atoms with Crippen LogP contribution in [0.15, 0.2) is 30.5 Å². The van der Waals surface area contributed by atoms with Crippen molar-refractivity contribution >= 4 is 12.0 Å². The van der Waals surface area contributed by atoms with E-state index in [4.69, 9.17) is 4.74 Å². The van der Waals surface area contributed by atoms with E-state index in [-0.39, 0.29) is 18.0 Å². The van der Waals surface area contributed by atoms with Crippen LogP contribution < -0.4 is 0 Å². The molecule has 0 N–H and O–H groups in total. The second-order valence-corrected chi connectivity index (χ2v) is 7.46. The van der Waals surface area contributed by atoms with E-state index in [0.717, 1.165) is 12.1 Å². The van der Waals surface area contributed by atoms with Crippen LogP contribution in [0.4, 0.5) is 0 Å². The molecule has 1 aromatic rings. The van der Waals surface area contributed by atoms with Gasteiger partial charge in [0, 0.05) is 12.1 Å². The molecule has 0 unspecified atom stereocenters. The van der Waals surface area contributed by atoms with Crippen LogP contribution in [0.3, 0.4) is 0 Å². The maximum Gasteiger partial charge on any atom is 0.309 e. The van der Waals surface area contributed by atoms with Crippen molar-refractivity contribution in [2.24, 2.45) is 29.6 Å². The van der Waals surface area contributed by atoms with Gasteiger partial charge in [-0.3, -0.25) is 9.78 Å². The molecule has 1 saturated heterocycles. The van der Waals surface area contributed by atoms with E-state index < -0.39 is 0 Å². The van der Waals surface area contributed by atoms with Crippen molar-refractivity contribution in [2.45, 2.75) is 45.1 Å². The number of ether oxygens (including phenoxy) is 1. The fourth-order valence-electron chi connectivity index (χ4n) is 5.27. The zero-order valence-electron chi connectivity index (χ0n) is 13.7. The number of allylic oxidation sites excluding steroid dienone is 1. The van der Waals surface area contributed by atoms with Gasteiger partial charge in [0.05, 0.1) is 11.6 Å². The first-order valence-electron chi connectivity index (χ1n) is 9.04. The van der Waals surface area contributed by atoms with E-state index in [1.165, 1.54) is 25.7 Å². The highest BCUT2D eigenvalue weighted by Crippen LogP contribution is 2.53. The molecule has 3 heteroatoms. The molecule has 0 radical (unpaired) electrons. The molecule has 23 heavy (non-hydrogen) atoms. The maximum absolute atomic E-state index is 12.3. The maximum atomic E-state index is 12.3. The summed E-state index contributed by atoms with van der Waals surface area (Å²) in [6.45, 7) is 2.08. The number of rotatable bonds is 2. The van der Waals surface area contributed by atoms with E-state index in [9.17, 15) is 4.79 Å². The van der Waals surface area contributed by atoms with Crippen LogP contribution in [-0.2, 0) is 9.53 Å². The third-order valence-electron chi connectivity index (χ3n) is 6.25. The van der Waals surface area contributed by atoms with E-state index in [1.807, 2.05) is 24.4 Å². The second kappa shape index (κ2) is 6.10. The fourth-order valence-corrected chi connectivity index (χ4v) is 5.27. The number of hydrogen-bond acceptors (Lipinski definition) is 3. The first-order chi connectivity index (χ1) is 11.2. The van der Waals surface area contributed by atoms with Crippen molar-refractivity contribution in [2.75, 3.05) is 0 Å². The molecular formula is C20H25NO2. The largest absolute Gasteiger partial charge is 0.462 e. The van der Waals surface area contributed by atoms with E-state index in [1.54, 1.807) is 0 Å². The lowest BCUT2D eigenvalue weighted by Crippen LogP contribution is -2.42. The minimum Gasteiger partial charge on any atom is -0.462 e. The Bertz CT molecular complexity index is 597. The third-order valence-corrected chi connectivity index (χ3v) is 6.25. The van der Waals surface area contributed by atoms with Crippen LogP contribution in [0.25, 0.3) is 6.08 Å². The van der Waals surface area contributed by atoms with Gasteiger partial charge in [0.2, 0.25) is 0 Å². The van der Waals surface area contributed by atoms with Gasteiger partial charge < -0.3 is 4.74 Å². The number of aromatic nitrogens is 1. The van der Waals surface area contributed by atoms with Gasteiger partial charge in [-0.15, -0.1) is 0 Å². The van der Waals surface area contributed by atoms with E-state index >= 15 is 0 Å². The summed E-state index contributed by atoms with van der Waals surface area (Å²) < 4.78 is 5.61. The summed E-state index contributed by atoms with van der Waals surface area (Å²) in [5.41, 5.74) is 1.000. The van der Waals surface area contributed by atoms with Crippen LogP contribution in [0, 0.1) is 29.6 Å². The van der Waals surface area contributed by atoms with Gasteiger partial charge in [-0.1, -0.05) is 31.4 Å². The third kappa shape index (κ3) is 2.71. The molecule has 122 valence electrons. The Morgan fingerprint density at radius 3 is 2.96 bits per heavy atom. The quantitative estimate of drug-likeness (QED) is 0.772. The smallest absolute Gasteiger partial charge is 0.309 e. The summed E-state index contributed by atoms with van der Waals surface area (Å²) in [7, 11) is 0. The number of cyclic esters (lactones) is 1. The van der Waals surface area contributed by atoms with Crippen molar-refractivity contribution in [3.63, 3.8) is 0 Å². The molecule has 4 rings (SSSR count). The number of hydrogen-bond donors (Lipinski definition) is 0. The topological polar surface area (TPSA) is 39.2 Å². The van der Waals surface area contributed by atoms with Gasteiger partial charge in [-0.05, 0) is 55.7 Å². The Labute approximate surface area is 138 Å². The van der Waals surface area contributed by atoms with Gasteiger partial charge in [0.15, 0.2) is 0 Å². The number of pyridine rings is 1. The van der Waals surface area contributed by atoms with Gasteiger partial charge in [0.1, 0.15) is 6.10 Å². The van der Waals surface area contributed by atoms with Crippen LogP contribution in [-0.4, -0.2) is 17.1 Å². The molecule has 0 bridgehead atoms. The highest BCUT2D eigenvalue weighted by molar-refractivity contribution is 5.75. The average molecular weight is 311 g/mol. The molecule has 2 aliphatic carbocycles. The molecule has 3 aliphatic rings. The molecule has 1 aromatic heterocycles. The van der Waals surface area contributed by atoms with Crippen LogP contribution in [0.2, 0.25) is 0 Å². The summed E-state index contributed by atoms with van der Waals surface area (Å²) in [4.78, 5) is 16.7. The van der Waals surface area contributed by atoms with Crippen LogP contribution in [0.1, 0.15) is 44.7 Å². The SMILES string of the molecule is C[C@H]1OC(=O)[C@@H]2C[C@@H]3CCCC[C@H]3[C@H](/C=C/c3ccccn3)[C@H]12. The number of fused-ring (bicyclic) bond motifs is 2. The van der Waals surface area contributed by atoms with Crippen molar-refractivity contribution in [1.29, 1.82) is 0 Å². The van der Waals surface area contributed by atoms with E-state index in [0.29, 0.717) is 23.7 Å². The predicted octanol–water partition coefficient (Wildman–Crippen LogP) is 4.10. The highest BCUT2D eigenvalue weighted by Gasteiger charge is 2.53. The predicted molar refractivity (Wildman–Crippen MR) is 89.4 cm³/mol. The van der Waals surface area contributed by atoms with Crippen LogP contribution in [0.5, 0.6) is 0 Å². The molecular weight excluding hydrogens is 286 g/mol. The number of carbonyl (C=O) groups excluding carboxylic acids is 1. The summed E-state index contributed by atoms with van der Waals surface area (Å²) in [6, 6.07) is 6.00. The molecule has 0 amide bonds. The molecule has 1 aliphatic heterocycles. The Kier molecular flexibility index (Phi) is 3.96. The Balaban J connectivity index is 1.64. The monoisotopic (exact) mass is 311 g/mol. The summed E-state index contributed by atoms with van der Waals surface area (Å²) in [6.07, 6.45) is 12.6. The van der Waals surface area contributed by atoms with E-state index in [2.05, 4.69) is 24.1 Å². The molecule has 3 fully saturated rings. The Morgan fingerprint density at radius 2 is 2.13 bits per heavy atom. The zero-order chi connectivity index (χ0) is 15.8. The normalized spacial score (nSPS) is 39.8. The molecule has 0 aromatic carbocycles. The lowest BCUT2D eigenvalue weighted by Gasteiger charge is -2.45. The Morgan fingerprint density at radius 1 is 1.26 bits per heavy atom. The second-order valence-electron chi connectivity index (χ2n) is 7.46. The van der Waals surface area contributed by atoms with Gasteiger partial charge in [-0.25, -0.2) is 0 Å². The highest BCUT2D eigenvalue weighted by atomic mass is 16.6. The number of nitrogens with zero attached hydrogens (tertiary/aromatic N) is 1. The van der Waals surface area contributed by atoms with Gasteiger partial charge in [-0.2, -0.15) is 0 Å². The van der Waals surface area contributed by atoms with Gasteiger partial charge >= 0.3 is 5.97 Å². The lowest BCUT2D eigenvalue weighted by atomic mass is 9.57. The zero-order valence-corrected chi connectivity index (χ0v) is 13.7. The first kappa shape index (κ1) is 14.9. The fraction of sp³-hybridized carbons (Fsp3) is 0.600. The minimum atomic E-state index is 0.0442. The molecule has 2 heterocycles. The molecule has 2 saturated carbocycles. The molecule has 0 spiro atoms. The number of carbonyl (C=O) groups is 1. The Hall–Kier alpha value is -1.64. The van der Waals surface area contributed by atoms with Crippen molar-refractivity contribution < 1.29 is 9.53 Å². The van der Waals surface area contributed by atoms with Gasteiger partial charge in [0.25, 0.3) is 0 Å². The standard InChI is InChI=1S/C20H25NO2/c1-13-19-17(10-9-15-7-4-5-11-21-15)16-8-3-2-6-14(16)12-18(19)20(22)23-13/h4-5,7,9-11,13-14,16-19H,2-3,6,8,12H2,1H3/b10-9+/t13-,14+,16-,17+,18-,19+/m1/s1. The minimum absolute atomic E-state index is 0.0442. The van der Waals surface area contributed by atoms with Crippen molar-refractivity contribution in [3.05, 3.63) is 36.2 Å². The molecule has 3 nitrogen and oxygen atoms in total. The summed E-state index contributed by atoms with van der Waals surface area (Å²) >= 11 is 0. The average Bonchev–Trinajstić information content (AvgIpc) is 2.87. The van der Waals surface area contributed by atoms with Crippen molar-refractivity contribution in [1.82, 2.24) is 4.98 Å². The lowest BCUT2D eigenvalue weighted by molar-refractivity contribution is -0.144. The molecule has 6 atom stereocenters.